The number of piperidine rings is 1. The first-order chi connectivity index (χ1) is 19.4. The Morgan fingerprint density at radius 2 is 1.70 bits per heavy atom. The van der Waals surface area contributed by atoms with Crippen molar-refractivity contribution in [2.45, 2.75) is 56.5 Å². The molecule has 3 aliphatic rings. The van der Waals surface area contributed by atoms with Crippen molar-refractivity contribution < 1.29 is 17.9 Å². The van der Waals surface area contributed by atoms with Gasteiger partial charge in [-0.1, -0.05) is 6.07 Å². The van der Waals surface area contributed by atoms with Crippen LogP contribution in [0, 0.1) is 17.5 Å². The molecular weight excluding hydrogens is 517 g/mol. The Balaban J connectivity index is 1.26. The summed E-state index contributed by atoms with van der Waals surface area (Å²) < 4.78 is 51.0. The maximum atomic E-state index is 15.3. The summed E-state index contributed by atoms with van der Waals surface area (Å²) in [5, 5.41) is 2.98. The Hall–Kier alpha value is -3.37. The van der Waals surface area contributed by atoms with Crippen LogP contribution in [0.2, 0.25) is 0 Å². The highest BCUT2D eigenvalue weighted by atomic mass is 19.1. The predicted octanol–water partition coefficient (Wildman–Crippen LogP) is 5.58. The quantitative estimate of drug-likeness (QED) is 0.428. The topological polar surface area (TPSA) is 79.5 Å². The SMILES string of the molecule is CN1CCC(c2ccc(Nc3ncc(F)c(-c4cc(F)c5c(c4)N(C4CCC(N)CC4)CCO5)n3)cc2F)CC1. The summed E-state index contributed by atoms with van der Waals surface area (Å²) in [4.78, 5) is 12.8. The number of nitrogens with one attached hydrogen (secondary N) is 1. The Morgan fingerprint density at radius 3 is 2.45 bits per heavy atom. The van der Waals surface area contributed by atoms with Crippen LogP contribution in [0.1, 0.15) is 50.0 Å². The second kappa shape index (κ2) is 11.2. The Kier molecular flexibility index (Phi) is 7.55. The molecule has 2 fully saturated rings. The Labute approximate surface area is 232 Å². The van der Waals surface area contributed by atoms with Crippen molar-refractivity contribution in [1.82, 2.24) is 14.9 Å². The van der Waals surface area contributed by atoms with E-state index in [0.717, 1.165) is 57.8 Å². The zero-order valence-corrected chi connectivity index (χ0v) is 22.7. The maximum absolute atomic E-state index is 15.3. The Morgan fingerprint density at radius 1 is 0.925 bits per heavy atom. The molecule has 2 aliphatic heterocycles. The van der Waals surface area contributed by atoms with E-state index in [1.54, 1.807) is 18.2 Å². The van der Waals surface area contributed by atoms with E-state index in [-0.39, 0.29) is 46.8 Å². The van der Waals surface area contributed by atoms with Crippen molar-refractivity contribution in [2.24, 2.45) is 5.73 Å². The molecule has 1 aliphatic carbocycles. The predicted molar refractivity (Wildman–Crippen MR) is 150 cm³/mol. The lowest BCUT2D eigenvalue weighted by Gasteiger charge is -2.40. The van der Waals surface area contributed by atoms with Gasteiger partial charge in [0.1, 0.15) is 18.1 Å². The molecule has 0 radical (unpaired) electrons. The van der Waals surface area contributed by atoms with Crippen LogP contribution < -0.4 is 20.7 Å². The highest BCUT2D eigenvalue weighted by Crippen LogP contribution is 2.41. The van der Waals surface area contributed by atoms with E-state index in [4.69, 9.17) is 10.5 Å². The minimum Gasteiger partial charge on any atom is -0.486 e. The summed E-state index contributed by atoms with van der Waals surface area (Å²) in [6.45, 7) is 2.89. The number of halogens is 3. The standard InChI is InChI=1S/C30H35F3N6O/c1-38-10-8-18(9-11-38)23-7-4-21(16-24(23)31)36-30-35-17-26(33)28(37-30)19-14-25(32)29-27(15-19)39(12-13-40-29)22-5-2-20(34)3-6-22/h4,7,14-18,20,22H,2-3,5-6,8-13,34H2,1H3,(H,35,36,37). The van der Waals surface area contributed by atoms with E-state index in [1.165, 1.54) is 12.1 Å². The van der Waals surface area contributed by atoms with E-state index < -0.39 is 11.6 Å². The number of benzene rings is 2. The molecule has 6 rings (SSSR count). The lowest BCUT2D eigenvalue weighted by molar-refractivity contribution is 0.253. The summed E-state index contributed by atoms with van der Waals surface area (Å²) in [5.74, 6) is -1.08. The van der Waals surface area contributed by atoms with E-state index >= 15 is 13.2 Å². The van der Waals surface area contributed by atoms with Crippen molar-refractivity contribution in [1.29, 1.82) is 0 Å². The van der Waals surface area contributed by atoms with Gasteiger partial charge in [0.2, 0.25) is 5.95 Å². The first-order valence-electron chi connectivity index (χ1n) is 14.1. The van der Waals surface area contributed by atoms with Gasteiger partial charge in [0, 0.05) is 23.3 Å². The first kappa shape index (κ1) is 26.8. The summed E-state index contributed by atoms with van der Waals surface area (Å²) in [6, 6.07) is 8.39. The zero-order chi connectivity index (χ0) is 27.8. The van der Waals surface area contributed by atoms with Gasteiger partial charge in [0.15, 0.2) is 17.4 Å². The number of hydrogen-bond acceptors (Lipinski definition) is 7. The smallest absolute Gasteiger partial charge is 0.227 e. The average Bonchev–Trinajstić information content (AvgIpc) is 2.95. The molecule has 3 heterocycles. The minimum atomic E-state index is -0.680. The summed E-state index contributed by atoms with van der Waals surface area (Å²) in [7, 11) is 2.08. The van der Waals surface area contributed by atoms with Crippen LogP contribution in [0.5, 0.6) is 5.75 Å². The number of rotatable bonds is 5. The van der Waals surface area contributed by atoms with Crippen molar-refractivity contribution in [3.05, 3.63) is 59.5 Å². The second-order valence-electron chi connectivity index (χ2n) is 11.2. The van der Waals surface area contributed by atoms with Gasteiger partial charge < -0.3 is 25.6 Å². The highest BCUT2D eigenvalue weighted by molar-refractivity contribution is 5.73. The van der Waals surface area contributed by atoms with Gasteiger partial charge in [0.25, 0.3) is 0 Å². The fourth-order valence-corrected chi connectivity index (χ4v) is 6.25. The van der Waals surface area contributed by atoms with Crippen molar-refractivity contribution in [3.8, 4) is 17.0 Å². The number of hydrogen-bond donors (Lipinski definition) is 2. The van der Waals surface area contributed by atoms with Gasteiger partial charge in [-0.25, -0.2) is 23.1 Å². The third-order valence-electron chi connectivity index (χ3n) is 8.53. The number of anilines is 3. The van der Waals surface area contributed by atoms with Gasteiger partial charge in [-0.05, 0) is 94.4 Å². The van der Waals surface area contributed by atoms with Crippen molar-refractivity contribution in [2.75, 3.05) is 43.5 Å². The molecule has 10 heteroatoms. The third kappa shape index (κ3) is 5.47. The van der Waals surface area contributed by atoms with Gasteiger partial charge >= 0.3 is 0 Å². The molecular formula is C30H35F3N6O. The number of ether oxygens (including phenoxy) is 1. The van der Waals surface area contributed by atoms with Crippen LogP contribution in [0.15, 0.2) is 36.5 Å². The van der Waals surface area contributed by atoms with Gasteiger partial charge in [-0.2, -0.15) is 0 Å². The zero-order valence-electron chi connectivity index (χ0n) is 22.7. The van der Waals surface area contributed by atoms with Gasteiger partial charge in [-0.3, -0.25) is 0 Å². The lowest BCUT2D eigenvalue weighted by Crippen LogP contribution is -2.44. The van der Waals surface area contributed by atoms with Crippen molar-refractivity contribution in [3.63, 3.8) is 0 Å². The monoisotopic (exact) mass is 552 g/mol. The van der Waals surface area contributed by atoms with Crippen LogP contribution in [-0.2, 0) is 0 Å². The van der Waals surface area contributed by atoms with Crippen LogP contribution in [0.25, 0.3) is 11.3 Å². The van der Waals surface area contributed by atoms with E-state index in [2.05, 4.69) is 32.1 Å². The molecule has 1 saturated heterocycles. The second-order valence-corrected chi connectivity index (χ2v) is 11.2. The molecule has 40 heavy (non-hydrogen) atoms. The van der Waals surface area contributed by atoms with E-state index in [0.29, 0.717) is 30.1 Å². The molecule has 1 saturated carbocycles. The van der Waals surface area contributed by atoms with Gasteiger partial charge in [-0.15, -0.1) is 0 Å². The molecule has 0 atom stereocenters. The van der Waals surface area contributed by atoms with Crippen molar-refractivity contribution >= 4 is 17.3 Å². The molecule has 212 valence electrons. The maximum Gasteiger partial charge on any atom is 0.227 e. The molecule has 0 amide bonds. The summed E-state index contributed by atoms with van der Waals surface area (Å²) >= 11 is 0. The van der Waals surface area contributed by atoms with E-state index in [1.807, 2.05) is 0 Å². The number of nitrogens with two attached hydrogens (primary N) is 1. The van der Waals surface area contributed by atoms with Crippen LogP contribution >= 0.6 is 0 Å². The Bertz CT molecular complexity index is 1370. The molecule has 0 spiro atoms. The molecule has 1 aromatic heterocycles. The van der Waals surface area contributed by atoms with Gasteiger partial charge in [0.05, 0.1) is 18.4 Å². The normalized spacial score (nSPS) is 22.1. The number of likely N-dealkylation sites (tertiary alicyclic amines) is 1. The minimum absolute atomic E-state index is 0.0428. The average molecular weight is 553 g/mol. The highest BCUT2D eigenvalue weighted by Gasteiger charge is 2.31. The number of fused-ring (bicyclic) bond motifs is 1. The largest absolute Gasteiger partial charge is 0.486 e. The van der Waals surface area contributed by atoms with E-state index in [9.17, 15) is 0 Å². The summed E-state index contributed by atoms with van der Waals surface area (Å²) in [5.41, 5.74) is 8.10. The molecule has 7 nitrogen and oxygen atoms in total. The van der Waals surface area contributed by atoms with Crippen LogP contribution in [0.3, 0.4) is 0 Å². The molecule has 2 aromatic carbocycles. The molecule has 0 unspecified atom stereocenters. The molecule has 3 N–H and O–H groups in total. The fourth-order valence-electron chi connectivity index (χ4n) is 6.25. The molecule has 3 aromatic rings. The van der Waals surface area contributed by atoms with Crippen LogP contribution in [-0.4, -0.2) is 60.2 Å². The third-order valence-corrected chi connectivity index (χ3v) is 8.53. The number of aromatic nitrogens is 2. The summed E-state index contributed by atoms with van der Waals surface area (Å²) in [6.07, 6.45) is 6.52. The van der Waals surface area contributed by atoms with Crippen LogP contribution in [0.4, 0.5) is 30.5 Å². The fraction of sp³-hybridized carbons (Fsp3) is 0.467. The lowest BCUT2D eigenvalue weighted by atomic mass is 9.89. The molecule has 0 bridgehead atoms. The first-order valence-corrected chi connectivity index (χ1v) is 14.1. The number of nitrogens with zero attached hydrogens (tertiary/aromatic N) is 4.